The number of rotatable bonds is 4. The van der Waals surface area contributed by atoms with Gasteiger partial charge in [-0.25, -0.2) is 8.42 Å². The van der Waals surface area contributed by atoms with Gasteiger partial charge in [0.05, 0.1) is 4.90 Å². The average Bonchev–Trinajstić information content (AvgIpc) is 3.37. The van der Waals surface area contributed by atoms with Crippen molar-refractivity contribution in [3.8, 4) is 0 Å². The number of hydrogen-bond donors (Lipinski definition) is 0. The highest BCUT2D eigenvalue weighted by Gasteiger charge is 2.45. The molecule has 2 fully saturated rings. The van der Waals surface area contributed by atoms with Crippen molar-refractivity contribution in [2.45, 2.75) is 56.9 Å². The van der Waals surface area contributed by atoms with Crippen LogP contribution in [0.5, 0.6) is 0 Å². The van der Waals surface area contributed by atoms with Gasteiger partial charge in [0, 0.05) is 31.1 Å². The van der Waals surface area contributed by atoms with Crippen molar-refractivity contribution in [1.82, 2.24) is 9.21 Å². The second kappa shape index (κ2) is 6.40. The molecule has 0 N–H and O–H groups in total. The predicted molar refractivity (Wildman–Crippen MR) is 97.8 cm³/mol. The molecule has 0 aromatic heterocycles. The fourth-order valence-electron chi connectivity index (χ4n) is 3.52. The topological polar surface area (TPSA) is 57.7 Å². The Morgan fingerprint density at radius 3 is 2.44 bits per heavy atom. The van der Waals surface area contributed by atoms with Crippen LogP contribution in [0.25, 0.3) is 0 Å². The highest BCUT2D eigenvalue weighted by molar-refractivity contribution is 7.89. The quantitative estimate of drug-likeness (QED) is 0.825. The molecular formula is C19H28N2O3S. The lowest BCUT2D eigenvalue weighted by Crippen LogP contribution is -2.62. The summed E-state index contributed by atoms with van der Waals surface area (Å²) in [6.07, 6.45) is 1.94. The number of carbonyl (C=O) groups excluding carboxylic acids is 1. The van der Waals surface area contributed by atoms with E-state index in [0.29, 0.717) is 24.5 Å². The van der Waals surface area contributed by atoms with E-state index in [4.69, 9.17) is 0 Å². The highest BCUT2D eigenvalue weighted by atomic mass is 32.2. The Labute approximate surface area is 151 Å². The lowest BCUT2D eigenvalue weighted by atomic mass is 10.0. The van der Waals surface area contributed by atoms with Crippen molar-refractivity contribution >= 4 is 15.9 Å². The molecule has 1 saturated carbocycles. The fraction of sp³-hybridized carbons (Fsp3) is 0.632. The fourth-order valence-corrected chi connectivity index (χ4v) is 5.34. The second-order valence-corrected chi connectivity index (χ2v) is 10.0. The molecule has 1 aliphatic heterocycles. The largest absolute Gasteiger partial charge is 0.339 e. The van der Waals surface area contributed by atoms with Crippen LogP contribution in [0.2, 0.25) is 0 Å². The number of sulfonamides is 1. The molecule has 2 aliphatic rings. The number of benzene rings is 1. The maximum Gasteiger partial charge on any atom is 0.243 e. The minimum absolute atomic E-state index is 0.168. The van der Waals surface area contributed by atoms with E-state index in [1.807, 2.05) is 30.9 Å². The van der Waals surface area contributed by atoms with E-state index >= 15 is 0 Å². The van der Waals surface area contributed by atoms with E-state index in [0.717, 1.165) is 18.4 Å². The standard InChI is InChI=1S/C19H28N2O3S/c1-14(2)16-6-5-7-17(12-16)25(23,24)21-11-10-20(13-19(21,3)4)18(22)15-8-9-15/h5-7,12,14-15H,8-11,13H2,1-4H3. The van der Waals surface area contributed by atoms with E-state index in [9.17, 15) is 13.2 Å². The molecule has 5 nitrogen and oxygen atoms in total. The molecule has 25 heavy (non-hydrogen) atoms. The van der Waals surface area contributed by atoms with Crippen LogP contribution in [-0.2, 0) is 14.8 Å². The Kier molecular flexibility index (Phi) is 4.71. The van der Waals surface area contributed by atoms with Gasteiger partial charge >= 0.3 is 0 Å². The monoisotopic (exact) mass is 364 g/mol. The lowest BCUT2D eigenvalue weighted by Gasteiger charge is -2.46. The molecule has 1 amide bonds. The Morgan fingerprint density at radius 1 is 1.20 bits per heavy atom. The summed E-state index contributed by atoms with van der Waals surface area (Å²) >= 11 is 0. The van der Waals surface area contributed by atoms with Crippen molar-refractivity contribution < 1.29 is 13.2 Å². The molecule has 1 saturated heterocycles. The zero-order chi connectivity index (χ0) is 18.4. The van der Waals surface area contributed by atoms with Crippen LogP contribution in [0, 0.1) is 5.92 Å². The van der Waals surface area contributed by atoms with Crippen molar-refractivity contribution in [3.63, 3.8) is 0 Å². The van der Waals surface area contributed by atoms with E-state index in [-0.39, 0.29) is 17.7 Å². The predicted octanol–water partition coefficient (Wildman–Crippen LogP) is 2.83. The first-order valence-electron chi connectivity index (χ1n) is 9.04. The maximum atomic E-state index is 13.2. The van der Waals surface area contributed by atoms with Gasteiger partial charge in [0.2, 0.25) is 15.9 Å². The van der Waals surface area contributed by atoms with Gasteiger partial charge in [-0.2, -0.15) is 4.31 Å². The number of piperazine rings is 1. The average molecular weight is 365 g/mol. The van der Waals surface area contributed by atoms with E-state index in [2.05, 4.69) is 13.8 Å². The van der Waals surface area contributed by atoms with E-state index in [1.54, 1.807) is 16.4 Å². The van der Waals surface area contributed by atoms with Crippen LogP contribution in [0.1, 0.15) is 52.0 Å². The summed E-state index contributed by atoms with van der Waals surface area (Å²) in [5.41, 5.74) is 0.400. The smallest absolute Gasteiger partial charge is 0.243 e. The zero-order valence-corrected chi connectivity index (χ0v) is 16.3. The van der Waals surface area contributed by atoms with Crippen LogP contribution in [0.15, 0.2) is 29.2 Å². The number of nitrogens with zero attached hydrogens (tertiary/aromatic N) is 2. The van der Waals surface area contributed by atoms with E-state index < -0.39 is 15.6 Å². The third-order valence-electron chi connectivity index (χ3n) is 5.18. The molecule has 3 rings (SSSR count). The molecule has 138 valence electrons. The summed E-state index contributed by atoms with van der Waals surface area (Å²) in [5, 5.41) is 0. The molecule has 1 heterocycles. The summed E-state index contributed by atoms with van der Waals surface area (Å²) in [6.45, 7) is 9.19. The van der Waals surface area contributed by atoms with Crippen LogP contribution in [0.3, 0.4) is 0 Å². The van der Waals surface area contributed by atoms with Gasteiger partial charge in [0.15, 0.2) is 0 Å². The van der Waals surface area contributed by atoms with Crippen LogP contribution >= 0.6 is 0 Å². The van der Waals surface area contributed by atoms with Gasteiger partial charge in [-0.05, 0) is 50.3 Å². The van der Waals surface area contributed by atoms with Crippen molar-refractivity contribution in [3.05, 3.63) is 29.8 Å². The molecular weight excluding hydrogens is 336 g/mol. The molecule has 1 aliphatic carbocycles. The summed E-state index contributed by atoms with van der Waals surface area (Å²) in [6, 6.07) is 7.21. The van der Waals surface area contributed by atoms with Gasteiger partial charge in [-0.3, -0.25) is 4.79 Å². The summed E-state index contributed by atoms with van der Waals surface area (Å²) in [7, 11) is -3.58. The van der Waals surface area contributed by atoms with Gasteiger partial charge in [0.25, 0.3) is 0 Å². The van der Waals surface area contributed by atoms with Crippen LogP contribution in [-0.4, -0.2) is 48.7 Å². The SMILES string of the molecule is CC(C)c1cccc(S(=O)(=O)N2CCN(C(=O)C3CC3)CC2(C)C)c1. The molecule has 6 heteroatoms. The van der Waals surface area contributed by atoms with Crippen molar-refractivity contribution in [2.24, 2.45) is 5.92 Å². The minimum atomic E-state index is -3.58. The number of hydrogen-bond acceptors (Lipinski definition) is 3. The molecule has 0 spiro atoms. The van der Waals surface area contributed by atoms with Crippen molar-refractivity contribution in [2.75, 3.05) is 19.6 Å². The van der Waals surface area contributed by atoms with Crippen molar-refractivity contribution in [1.29, 1.82) is 0 Å². The van der Waals surface area contributed by atoms with Gasteiger partial charge in [-0.15, -0.1) is 0 Å². The number of carbonyl (C=O) groups is 1. The highest BCUT2D eigenvalue weighted by Crippen LogP contribution is 2.34. The third kappa shape index (κ3) is 3.60. The first-order chi connectivity index (χ1) is 11.6. The maximum absolute atomic E-state index is 13.2. The zero-order valence-electron chi connectivity index (χ0n) is 15.5. The van der Waals surface area contributed by atoms with Gasteiger partial charge in [-0.1, -0.05) is 26.0 Å². The second-order valence-electron chi connectivity index (χ2n) is 8.15. The van der Waals surface area contributed by atoms with Crippen LogP contribution in [0.4, 0.5) is 0 Å². The Bertz CT molecular complexity index is 767. The molecule has 0 radical (unpaired) electrons. The lowest BCUT2D eigenvalue weighted by molar-refractivity contribution is -0.136. The molecule has 1 aromatic carbocycles. The minimum Gasteiger partial charge on any atom is -0.339 e. The Hall–Kier alpha value is -1.40. The summed E-state index contributed by atoms with van der Waals surface area (Å²) < 4.78 is 28.0. The third-order valence-corrected chi connectivity index (χ3v) is 7.28. The first kappa shape index (κ1) is 18.4. The Morgan fingerprint density at radius 2 is 1.88 bits per heavy atom. The molecule has 0 atom stereocenters. The first-order valence-corrected chi connectivity index (χ1v) is 10.5. The summed E-state index contributed by atoms with van der Waals surface area (Å²) in [4.78, 5) is 14.5. The molecule has 0 unspecified atom stereocenters. The van der Waals surface area contributed by atoms with Crippen LogP contribution < -0.4 is 0 Å². The van der Waals surface area contributed by atoms with E-state index in [1.165, 1.54) is 0 Å². The number of amides is 1. The van der Waals surface area contributed by atoms with Gasteiger partial charge < -0.3 is 4.90 Å². The normalized spacial score (nSPS) is 21.6. The molecule has 1 aromatic rings. The Balaban J connectivity index is 1.85. The summed E-state index contributed by atoms with van der Waals surface area (Å²) in [5.74, 6) is 0.629. The van der Waals surface area contributed by atoms with Gasteiger partial charge in [0.1, 0.15) is 0 Å². The molecule has 0 bridgehead atoms.